The molecule has 108 valence electrons. The minimum atomic E-state index is -0.957. The predicted octanol–water partition coefficient (Wildman–Crippen LogP) is 1.45. The van der Waals surface area contributed by atoms with Crippen LogP contribution in [0.2, 0.25) is 0 Å². The SMILES string of the molecule is Cc1cc(C(=O)N2CCO[C@H](CC(=O)O)C2)ccc1F. The predicted molar refractivity (Wildman–Crippen MR) is 69.0 cm³/mol. The summed E-state index contributed by atoms with van der Waals surface area (Å²) in [6.45, 7) is 2.55. The lowest BCUT2D eigenvalue weighted by Gasteiger charge is -2.32. The second kappa shape index (κ2) is 6.00. The van der Waals surface area contributed by atoms with Crippen LogP contribution in [0.1, 0.15) is 22.3 Å². The summed E-state index contributed by atoms with van der Waals surface area (Å²) in [5.74, 6) is -1.54. The van der Waals surface area contributed by atoms with Crippen LogP contribution in [0, 0.1) is 12.7 Å². The van der Waals surface area contributed by atoms with Gasteiger partial charge in [-0.3, -0.25) is 9.59 Å². The van der Waals surface area contributed by atoms with Crippen LogP contribution in [0.4, 0.5) is 4.39 Å². The van der Waals surface area contributed by atoms with Crippen molar-refractivity contribution in [2.24, 2.45) is 0 Å². The first-order valence-electron chi connectivity index (χ1n) is 6.36. The highest BCUT2D eigenvalue weighted by Gasteiger charge is 2.26. The monoisotopic (exact) mass is 281 g/mol. The van der Waals surface area contributed by atoms with Gasteiger partial charge in [0.15, 0.2) is 0 Å². The molecular formula is C14H16FNO4. The van der Waals surface area contributed by atoms with Crippen LogP contribution in [-0.4, -0.2) is 47.7 Å². The maximum atomic E-state index is 13.2. The number of morpholine rings is 1. The zero-order valence-electron chi connectivity index (χ0n) is 11.1. The third-order valence-corrected chi connectivity index (χ3v) is 3.23. The second-order valence-corrected chi connectivity index (χ2v) is 4.81. The van der Waals surface area contributed by atoms with Gasteiger partial charge < -0.3 is 14.7 Å². The van der Waals surface area contributed by atoms with Gasteiger partial charge in [-0.2, -0.15) is 0 Å². The smallest absolute Gasteiger partial charge is 0.306 e. The van der Waals surface area contributed by atoms with Crippen molar-refractivity contribution in [1.82, 2.24) is 4.90 Å². The zero-order valence-corrected chi connectivity index (χ0v) is 11.1. The van der Waals surface area contributed by atoms with E-state index in [4.69, 9.17) is 9.84 Å². The van der Waals surface area contributed by atoms with Crippen molar-refractivity contribution in [3.05, 3.63) is 35.1 Å². The largest absolute Gasteiger partial charge is 0.481 e. The van der Waals surface area contributed by atoms with Crippen LogP contribution in [0.25, 0.3) is 0 Å². The van der Waals surface area contributed by atoms with Gasteiger partial charge in [0, 0.05) is 18.7 Å². The molecule has 20 heavy (non-hydrogen) atoms. The molecule has 1 heterocycles. The highest BCUT2D eigenvalue weighted by molar-refractivity contribution is 5.94. The second-order valence-electron chi connectivity index (χ2n) is 4.81. The van der Waals surface area contributed by atoms with E-state index in [2.05, 4.69) is 0 Å². The molecule has 1 fully saturated rings. The van der Waals surface area contributed by atoms with E-state index in [1.54, 1.807) is 11.8 Å². The van der Waals surface area contributed by atoms with E-state index >= 15 is 0 Å². The number of hydrogen-bond acceptors (Lipinski definition) is 3. The summed E-state index contributed by atoms with van der Waals surface area (Å²) >= 11 is 0. The van der Waals surface area contributed by atoms with Gasteiger partial charge in [-0.15, -0.1) is 0 Å². The summed E-state index contributed by atoms with van der Waals surface area (Å²) in [5, 5.41) is 8.75. The Morgan fingerprint density at radius 1 is 1.50 bits per heavy atom. The molecule has 0 radical (unpaired) electrons. The van der Waals surface area contributed by atoms with Crippen molar-refractivity contribution >= 4 is 11.9 Å². The van der Waals surface area contributed by atoms with Crippen molar-refractivity contribution < 1.29 is 23.8 Å². The fourth-order valence-electron chi connectivity index (χ4n) is 2.18. The lowest BCUT2D eigenvalue weighted by molar-refractivity contribution is -0.141. The third kappa shape index (κ3) is 3.33. The number of amides is 1. The average Bonchev–Trinajstić information content (AvgIpc) is 2.40. The topological polar surface area (TPSA) is 66.8 Å². The molecule has 6 heteroatoms. The molecule has 1 saturated heterocycles. The Morgan fingerprint density at radius 3 is 2.90 bits per heavy atom. The van der Waals surface area contributed by atoms with E-state index in [-0.39, 0.29) is 24.7 Å². The van der Waals surface area contributed by atoms with Crippen LogP contribution < -0.4 is 0 Å². The first-order chi connectivity index (χ1) is 9.47. The Labute approximate surface area is 116 Å². The van der Waals surface area contributed by atoms with E-state index in [1.165, 1.54) is 18.2 Å². The Bertz CT molecular complexity index is 532. The van der Waals surface area contributed by atoms with E-state index in [0.29, 0.717) is 24.3 Å². The Hall–Kier alpha value is -1.95. The molecule has 2 rings (SSSR count). The maximum Gasteiger partial charge on any atom is 0.306 e. The molecule has 1 aromatic rings. The third-order valence-electron chi connectivity index (χ3n) is 3.23. The lowest BCUT2D eigenvalue weighted by atomic mass is 10.1. The number of aliphatic carboxylic acids is 1. The van der Waals surface area contributed by atoms with Crippen molar-refractivity contribution in [3.8, 4) is 0 Å². The van der Waals surface area contributed by atoms with Crippen LogP contribution in [0.15, 0.2) is 18.2 Å². The molecule has 5 nitrogen and oxygen atoms in total. The number of hydrogen-bond donors (Lipinski definition) is 1. The minimum absolute atomic E-state index is 0.133. The van der Waals surface area contributed by atoms with E-state index in [1.807, 2.05) is 0 Å². The lowest BCUT2D eigenvalue weighted by Crippen LogP contribution is -2.46. The fourth-order valence-corrected chi connectivity index (χ4v) is 2.18. The molecule has 1 aliphatic rings. The number of benzene rings is 1. The highest BCUT2D eigenvalue weighted by Crippen LogP contribution is 2.15. The molecule has 1 amide bonds. The minimum Gasteiger partial charge on any atom is -0.481 e. The molecule has 0 bridgehead atoms. The molecule has 1 aliphatic heterocycles. The Morgan fingerprint density at radius 2 is 2.25 bits per heavy atom. The number of halogens is 1. The fraction of sp³-hybridized carbons (Fsp3) is 0.429. The number of carbonyl (C=O) groups is 2. The normalized spacial score (nSPS) is 18.9. The molecule has 0 unspecified atom stereocenters. The summed E-state index contributed by atoms with van der Waals surface area (Å²) in [7, 11) is 0. The number of carboxylic acids is 1. The Balaban J connectivity index is 2.08. The number of carboxylic acid groups (broad SMARTS) is 1. The number of ether oxygens (including phenoxy) is 1. The summed E-state index contributed by atoms with van der Waals surface area (Å²) in [4.78, 5) is 24.5. The molecule has 0 aromatic heterocycles. The molecule has 1 N–H and O–H groups in total. The molecule has 0 aliphatic carbocycles. The van der Waals surface area contributed by atoms with E-state index in [9.17, 15) is 14.0 Å². The molecular weight excluding hydrogens is 265 g/mol. The summed E-state index contributed by atoms with van der Waals surface area (Å²) < 4.78 is 18.5. The van der Waals surface area contributed by atoms with Crippen molar-refractivity contribution in [3.63, 3.8) is 0 Å². The molecule has 0 spiro atoms. The summed E-state index contributed by atoms with van der Waals surface area (Å²) in [5.41, 5.74) is 0.811. The van der Waals surface area contributed by atoms with E-state index < -0.39 is 12.1 Å². The van der Waals surface area contributed by atoms with Gasteiger partial charge in [0.25, 0.3) is 5.91 Å². The summed E-state index contributed by atoms with van der Waals surface area (Å²) in [6, 6.07) is 4.20. The first kappa shape index (κ1) is 14.5. The van der Waals surface area contributed by atoms with Gasteiger partial charge >= 0.3 is 5.97 Å². The quantitative estimate of drug-likeness (QED) is 0.910. The van der Waals surface area contributed by atoms with E-state index in [0.717, 1.165) is 0 Å². The standard InChI is InChI=1S/C14H16FNO4/c1-9-6-10(2-3-12(9)15)14(19)16-4-5-20-11(8-16)7-13(17)18/h2-3,6,11H,4-5,7-8H2,1H3,(H,17,18)/t11-/m1/s1. The molecule has 0 saturated carbocycles. The van der Waals surface area contributed by atoms with Crippen LogP contribution in [0.5, 0.6) is 0 Å². The van der Waals surface area contributed by atoms with Crippen molar-refractivity contribution in [2.45, 2.75) is 19.4 Å². The highest BCUT2D eigenvalue weighted by atomic mass is 19.1. The van der Waals surface area contributed by atoms with Crippen LogP contribution >= 0.6 is 0 Å². The van der Waals surface area contributed by atoms with Crippen molar-refractivity contribution in [1.29, 1.82) is 0 Å². The van der Waals surface area contributed by atoms with Gasteiger partial charge in [-0.1, -0.05) is 0 Å². The van der Waals surface area contributed by atoms with Crippen LogP contribution in [0.3, 0.4) is 0 Å². The van der Waals surface area contributed by atoms with Gasteiger partial charge in [-0.25, -0.2) is 4.39 Å². The van der Waals surface area contributed by atoms with Gasteiger partial charge in [0.1, 0.15) is 5.82 Å². The maximum absolute atomic E-state index is 13.2. The Kier molecular flexibility index (Phi) is 4.34. The first-order valence-corrected chi connectivity index (χ1v) is 6.36. The van der Waals surface area contributed by atoms with Crippen LogP contribution in [-0.2, 0) is 9.53 Å². The molecule has 1 atom stereocenters. The molecule has 1 aromatic carbocycles. The zero-order chi connectivity index (χ0) is 14.7. The number of rotatable bonds is 3. The van der Waals surface area contributed by atoms with Gasteiger partial charge in [0.05, 0.1) is 19.1 Å². The van der Waals surface area contributed by atoms with Gasteiger partial charge in [0.2, 0.25) is 0 Å². The number of aryl methyl sites for hydroxylation is 1. The average molecular weight is 281 g/mol. The van der Waals surface area contributed by atoms with Gasteiger partial charge in [-0.05, 0) is 30.7 Å². The van der Waals surface area contributed by atoms with Crippen molar-refractivity contribution in [2.75, 3.05) is 19.7 Å². The number of carbonyl (C=O) groups excluding carboxylic acids is 1. The number of nitrogens with zero attached hydrogens (tertiary/aromatic N) is 1. The summed E-state index contributed by atoms with van der Waals surface area (Å²) in [6.07, 6.45) is -0.626.